The lowest BCUT2D eigenvalue weighted by Crippen LogP contribution is -2.51. The molecule has 192 valence electrons. The maximum absolute atomic E-state index is 14.4. The van der Waals surface area contributed by atoms with E-state index in [1.165, 1.54) is 23.1 Å². The highest BCUT2D eigenvalue weighted by Crippen LogP contribution is 2.23. The Bertz CT molecular complexity index is 1120. The highest BCUT2D eigenvalue weighted by Gasteiger charge is 2.30. The molecule has 2 aromatic carbocycles. The second-order valence-corrected chi connectivity index (χ2v) is 11.4. The minimum atomic E-state index is -3.82. The Balaban J connectivity index is 2.38. The van der Waals surface area contributed by atoms with E-state index in [9.17, 15) is 22.4 Å². The van der Waals surface area contributed by atoms with Crippen molar-refractivity contribution in [3.8, 4) is 0 Å². The van der Waals surface area contributed by atoms with Gasteiger partial charge in [0.1, 0.15) is 18.4 Å². The van der Waals surface area contributed by atoms with Gasteiger partial charge in [0, 0.05) is 18.7 Å². The van der Waals surface area contributed by atoms with Gasteiger partial charge in [-0.1, -0.05) is 58.0 Å². The van der Waals surface area contributed by atoms with Crippen LogP contribution in [-0.2, 0) is 26.2 Å². The number of nitrogens with one attached hydrogen (secondary N) is 1. The van der Waals surface area contributed by atoms with Crippen LogP contribution in [0.15, 0.2) is 48.5 Å². The van der Waals surface area contributed by atoms with Crippen molar-refractivity contribution < 1.29 is 22.4 Å². The minimum Gasteiger partial charge on any atom is -0.354 e. The normalized spacial score (nSPS) is 12.5. The zero-order valence-electron chi connectivity index (χ0n) is 21.3. The topological polar surface area (TPSA) is 86.8 Å². The smallest absolute Gasteiger partial charge is 0.244 e. The summed E-state index contributed by atoms with van der Waals surface area (Å²) >= 11 is 0. The predicted octanol–water partition coefficient (Wildman–Crippen LogP) is 3.90. The lowest BCUT2D eigenvalue weighted by Gasteiger charge is -2.31. The van der Waals surface area contributed by atoms with Gasteiger partial charge in [-0.15, -0.1) is 0 Å². The van der Waals surface area contributed by atoms with E-state index in [0.717, 1.165) is 16.1 Å². The largest absolute Gasteiger partial charge is 0.354 e. The van der Waals surface area contributed by atoms with Crippen molar-refractivity contribution in [3.05, 3.63) is 65.5 Å². The van der Waals surface area contributed by atoms with Crippen molar-refractivity contribution in [3.63, 3.8) is 0 Å². The standard InChI is InChI=1S/C26H36FN3O4S/c1-18(2)15-28-26(32)20(5)29(16-22-9-7-8-10-24(22)27)25(31)17-30(35(6,33)34)23-13-11-21(12-14-23)19(3)4/h7-14,18-20H,15-17H2,1-6H3,(H,28,32)/t20-/m1/s1. The van der Waals surface area contributed by atoms with Crippen LogP contribution in [0.25, 0.3) is 0 Å². The van der Waals surface area contributed by atoms with Crippen molar-refractivity contribution in [2.75, 3.05) is 23.7 Å². The van der Waals surface area contributed by atoms with Crippen LogP contribution in [0.2, 0.25) is 0 Å². The minimum absolute atomic E-state index is 0.175. The fraction of sp³-hybridized carbons (Fsp3) is 0.462. The Morgan fingerprint density at radius 1 is 0.971 bits per heavy atom. The highest BCUT2D eigenvalue weighted by atomic mass is 32.2. The summed E-state index contributed by atoms with van der Waals surface area (Å²) in [5, 5.41) is 2.79. The first kappa shape index (κ1) is 28.3. The van der Waals surface area contributed by atoms with E-state index in [2.05, 4.69) is 5.32 Å². The number of amides is 2. The van der Waals surface area contributed by atoms with Crippen LogP contribution >= 0.6 is 0 Å². The molecule has 1 atom stereocenters. The Morgan fingerprint density at radius 3 is 2.09 bits per heavy atom. The van der Waals surface area contributed by atoms with Gasteiger partial charge in [-0.05, 0) is 42.5 Å². The van der Waals surface area contributed by atoms with E-state index in [4.69, 9.17) is 0 Å². The summed E-state index contributed by atoms with van der Waals surface area (Å²) < 4.78 is 40.6. The Morgan fingerprint density at radius 2 is 1.57 bits per heavy atom. The molecular formula is C26H36FN3O4S. The molecule has 0 saturated heterocycles. The van der Waals surface area contributed by atoms with Gasteiger partial charge in [-0.3, -0.25) is 13.9 Å². The third-order valence-corrected chi connectivity index (χ3v) is 6.82. The van der Waals surface area contributed by atoms with Crippen LogP contribution in [-0.4, -0.2) is 50.5 Å². The third kappa shape index (κ3) is 8.06. The monoisotopic (exact) mass is 505 g/mol. The second kappa shape index (κ2) is 12.2. The number of hydrogen-bond acceptors (Lipinski definition) is 4. The maximum atomic E-state index is 14.4. The SMILES string of the molecule is CC(C)CNC(=O)[C@@H](C)N(Cc1ccccc1F)C(=O)CN(c1ccc(C(C)C)cc1)S(C)(=O)=O. The Kier molecular flexibility index (Phi) is 9.82. The molecule has 0 spiro atoms. The average molecular weight is 506 g/mol. The van der Waals surface area contributed by atoms with Gasteiger partial charge in [-0.2, -0.15) is 0 Å². The molecule has 9 heteroatoms. The molecule has 0 radical (unpaired) electrons. The highest BCUT2D eigenvalue weighted by molar-refractivity contribution is 7.92. The summed E-state index contributed by atoms with van der Waals surface area (Å²) in [6.07, 6.45) is 1.02. The first-order valence-corrected chi connectivity index (χ1v) is 13.5. The van der Waals surface area contributed by atoms with Gasteiger partial charge in [0.15, 0.2) is 0 Å². The fourth-order valence-corrected chi connectivity index (χ4v) is 4.33. The van der Waals surface area contributed by atoms with E-state index in [0.29, 0.717) is 12.2 Å². The van der Waals surface area contributed by atoms with Crippen molar-refractivity contribution in [2.45, 2.75) is 53.1 Å². The van der Waals surface area contributed by atoms with E-state index in [1.807, 2.05) is 39.8 Å². The van der Waals surface area contributed by atoms with Crippen molar-refractivity contribution in [1.82, 2.24) is 10.2 Å². The number of halogens is 1. The van der Waals surface area contributed by atoms with E-state index in [-0.39, 0.29) is 23.9 Å². The van der Waals surface area contributed by atoms with Crippen molar-refractivity contribution in [1.29, 1.82) is 0 Å². The van der Waals surface area contributed by atoms with Crippen LogP contribution in [0.5, 0.6) is 0 Å². The summed E-state index contributed by atoms with van der Waals surface area (Å²) in [7, 11) is -3.82. The molecule has 7 nitrogen and oxygen atoms in total. The van der Waals surface area contributed by atoms with Crippen LogP contribution in [0.3, 0.4) is 0 Å². The van der Waals surface area contributed by atoms with Crippen molar-refractivity contribution in [2.24, 2.45) is 5.92 Å². The third-order valence-electron chi connectivity index (χ3n) is 5.68. The summed E-state index contributed by atoms with van der Waals surface area (Å²) in [6, 6.07) is 12.0. The molecule has 0 aliphatic heterocycles. The van der Waals surface area contributed by atoms with Gasteiger partial charge in [0.25, 0.3) is 0 Å². The molecule has 0 heterocycles. The molecule has 0 fully saturated rings. The molecule has 2 rings (SSSR count). The van der Waals surface area contributed by atoms with Crippen molar-refractivity contribution >= 4 is 27.5 Å². The fourth-order valence-electron chi connectivity index (χ4n) is 3.48. The maximum Gasteiger partial charge on any atom is 0.244 e. The van der Waals surface area contributed by atoms with Gasteiger partial charge in [0.2, 0.25) is 21.8 Å². The molecule has 0 unspecified atom stereocenters. The molecule has 0 aliphatic carbocycles. The lowest BCUT2D eigenvalue weighted by atomic mass is 10.0. The van der Waals surface area contributed by atoms with E-state index in [1.54, 1.807) is 25.1 Å². The number of rotatable bonds is 11. The van der Waals surface area contributed by atoms with Gasteiger partial charge >= 0.3 is 0 Å². The van der Waals surface area contributed by atoms with Gasteiger partial charge < -0.3 is 10.2 Å². The van der Waals surface area contributed by atoms with Gasteiger partial charge in [0.05, 0.1) is 11.9 Å². The number of carbonyl (C=O) groups excluding carboxylic acids is 2. The van der Waals surface area contributed by atoms with E-state index >= 15 is 0 Å². The van der Waals surface area contributed by atoms with Crippen LogP contribution < -0.4 is 9.62 Å². The molecule has 0 saturated carbocycles. The molecule has 35 heavy (non-hydrogen) atoms. The number of hydrogen-bond donors (Lipinski definition) is 1. The molecule has 0 aromatic heterocycles. The first-order valence-electron chi connectivity index (χ1n) is 11.7. The first-order chi connectivity index (χ1) is 16.3. The average Bonchev–Trinajstić information content (AvgIpc) is 2.79. The zero-order chi connectivity index (χ0) is 26.3. The summed E-state index contributed by atoms with van der Waals surface area (Å²) in [6.45, 7) is 9.23. The summed E-state index contributed by atoms with van der Waals surface area (Å²) in [5.74, 6) is -1.05. The Labute approximate surface area is 208 Å². The summed E-state index contributed by atoms with van der Waals surface area (Å²) in [4.78, 5) is 27.5. The quantitative estimate of drug-likeness (QED) is 0.502. The predicted molar refractivity (Wildman–Crippen MR) is 137 cm³/mol. The lowest BCUT2D eigenvalue weighted by molar-refractivity contribution is -0.139. The second-order valence-electron chi connectivity index (χ2n) is 9.44. The number of carbonyl (C=O) groups is 2. The summed E-state index contributed by atoms with van der Waals surface area (Å²) in [5.41, 5.74) is 1.61. The van der Waals surface area contributed by atoms with E-state index < -0.39 is 40.2 Å². The number of sulfonamides is 1. The molecule has 2 aromatic rings. The van der Waals surface area contributed by atoms with Crippen LogP contribution in [0.1, 0.15) is 51.7 Å². The zero-order valence-corrected chi connectivity index (χ0v) is 22.1. The molecule has 0 bridgehead atoms. The Hall–Kier alpha value is -2.94. The van der Waals surface area contributed by atoms with Crippen LogP contribution in [0, 0.1) is 11.7 Å². The molecule has 2 amide bonds. The molecule has 0 aliphatic rings. The van der Waals surface area contributed by atoms with Gasteiger partial charge in [-0.25, -0.2) is 12.8 Å². The molecule has 1 N–H and O–H groups in total. The number of benzene rings is 2. The number of anilines is 1. The van der Waals surface area contributed by atoms with Crippen LogP contribution in [0.4, 0.5) is 10.1 Å². The number of nitrogens with zero attached hydrogens (tertiary/aromatic N) is 2. The molecular weight excluding hydrogens is 469 g/mol.